The van der Waals surface area contributed by atoms with Crippen LogP contribution in [0.25, 0.3) is 0 Å². The first kappa shape index (κ1) is 22.6. The van der Waals surface area contributed by atoms with Gasteiger partial charge in [0.2, 0.25) is 15.9 Å². The van der Waals surface area contributed by atoms with Gasteiger partial charge < -0.3 is 4.90 Å². The van der Waals surface area contributed by atoms with E-state index in [1.807, 2.05) is 35.2 Å². The third kappa shape index (κ3) is 4.62. The molecule has 2 heterocycles. The molecule has 1 amide bonds. The van der Waals surface area contributed by atoms with Gasteiger partial charge in [0.05, 0.1) is 4.90 Å². The molecule has 8 heteroatoms. The van der Waals surface area contributed by atoms with Crippen LogP contribution in [0.15, 0.2) is 59.5 Å². The monoisotopic (exact) mass is 455 g/mol. The van der Waals surface area contributed by atoms with Crippen molar-refractivity contribution in [1.82, 2.24) is 14.1 Å². The number of hydrogen-bond donors (Lipinski definition) is 0. The molecule has 0 aromatic heterocycles. The number of carbonyl (C=O) groups is 2. The van der Waals surface area contributed by atoms with Crippen molar-refractivity contribution in [3.8, 4) is 0 Å². The van der Waals surface area contributed by atoms with Crippen LogP contribution in [0.2, 0.25) is 0 Å². The fourth-order valence-corrected chi connectivity index (χ4v) is 5.89. The summed E-state index contributed by atoms with van der Waals surface area (Å²) in [6, 6.07) is 15.4. The summed E-state index contributed by atoms with van der Waals surface area (Å²) in [5.41, 5.74) is 1.43. The number of piperazine rings is 1. The van der Waals surface area contributed by atoms with Gasteiger partial charge in [0, 0.05) is 44.8 Å². The van der Waals surface area contributed by atoms with E-state index < -0.39 is 16.1 Å². The molecule has 1 unspecified atom stereocenters. The Morgan fingerprint density at radius 3 is 1.97 bits per heavy atom. The Morgan fingerprint density at radius 2 is 1.41 bits per heavy atom. The van der Waals surface area contributed by atoms with Crippen molar-refractivity contribution >= 4 is 21.7 Å². The van der Waals surface area contributed by atoms with Gasteiger partial charge in [-0.3, -0.25) is 14.5 Å². The zero-order chi connectivity index (χ0) is 22.7. The van der Waals surface area contributed by atoms with Crippen LogP contribution in [-0.4, -0.2) is 73.5 Å². The van der Waals surface area contributed by atoms with Crippen molar-refractivity contribution < 1.29 is 18.0 Å². The highest BCUT2D eigenvalue weighted by molar-refractivity contribution is 7.89. The standard InChI is InChI=1S/C24H29N3O4S/c1-19(28)20-9-11-22(12-10-20)32(30,31)27-17-15-25(16-18-27)23(21-7-3-2-4-8-21)24(29)26-13-5-6-14-26/h2-4,7-12,23H,5-6,13-18H2,1H3. The summed E-state index contributed by atoms with van der Waals surface area (Å²) in [7, 11) is -3.65. The van der Waals surface area contributed by atoms with Crippen LogP contribution >= 0.6 is 0 Å². The first-order chi connectivity index (χ1) is 15.4. The van der Waals surface area contributed by atoms with Crippen LogP contribution in [-0.2, 0) is 14.8 Å². The highest BCUT2D eigenvalue weighted by Gasteiger charge is 2.36. The highest BCUT2D eigenvalue weighted by atomic mass is 32.2. The third-order valence-corrected chi connectivity index (χ3v) is 8.22. The molecule has 2 aliphatic rings. The van der Waals surface area contributed by atoms with Crippen molar-refractivity contribution in [1.29, 1.82) is 0 Å². The highest BCUT2D eigenvalue weighted by Crippen LogP contribution is 2.28. The molecule has 0 N–H and O–H groups in total. The quantitative estimate of drug-likeness (QED) is 0.626. The number of amides is 1. The van der Waals surface area contributed by atoms with E-state index >= 15 is 0 Å². The predicted molar refractivity (Wildman–Crippen MR) is 122 cm³/mol. The molecule has 0 bridgehead atoms. The molecule has 4 rings (SSSR count). The second kappa shape index (κ2) is 9.52. The number of nitrogens with zero attached hydrogens (tertiary/aromatic N) is 3. The number of hydrogen-bond acceptors (Lipinski definition) is 5. The minimum atomic E-state index is -3.65. The predicted octanol–water partition coefficient (Wildman–Crippen LogP) is 2.56. The number of rotatable bonds is 6. The SMILES string of the molecule is CC(=O)c1ccc(S(=O)(=O)N2CCN(C(C(=O)N3CCCC3)c3ccccc3)CC2)cc1. The third-order valence-electron chi connectivity index (χ3n) is 6.30. The number of likely N-dealkylation sites (tertiary alicyclic amines) is 1. The van der Waals surface area contributed by atoms with E-state index in [9.17, 15) is 18.0 Å². The second-order valence-corrected chi connectivity index (χ2v) is 10.3. The van der Waals surface area contributed by atoms with E-state index in [-0.39, 0.29) is 16.6 Å². The lowest BCUT2D eigenvalue weighted by atomic mass is 10.0. The molecule has 2 aliphatic heterocycles. The van der Waals surface area contributed by atoms with Crippen LogP contribution in [0.3, 0.4) is 0 Å². The Bertz CT molecular complexity index is 1060. The fraction of sp³-hybridized carbons (Fsp3) is 0.417. The van der Waals surface area contributed by atoms with Gasteiger partial charge in [-0.2, -0.15) is 4.31 Å². The molecule has 32 heavy (non-hydrogen) atoms. The zero-order valence-corrected chi connectivity index (χ0v) is 19.1. The molecular formula is C24H29N3O4S. The minimum absolute atomic E-state index is 0.0998. The molecule has 0 aliphatic carbocycles. The Hall–Kier alpha value is -2.55. The van der Waals surface area contributed by atoms with Crippen molar-refractivity contribution in [3.05, 3.63) is 65.7 Å². The average Bonchev–Trinajstić information content (AvgIpc) is 3.35. The topological polar surface area (TPSA) is 78.0 Å². The van der Waals surface area contributed by atoms with Crippen molar-refractivity contribution in [2.45, 2.75) is 30.7 Å². The van der Waals surface area contributed by atoms with E-state index in [0.717, 1.165) is 31.5 Å². The lowest BCUT2D eigenvalue weighted by Gasteiger charge is -2.39. The Labute approximate surface area is 189 Å². The maximum absolute atomic E-state index is 13.4. The molecule has 2 aromatic rings. The Morgan fingerprint density at radius 1 is 0.812 bits per heavy atom. The summed E-state index contributed by atoms with van der Waals surface area (Å²) in [5, 5.41) is 0. The summed E-state index contributed by atoms with van der Waals surface area (Å²) in [6.45, 7) is 4.60. The summed E-state index contributed by atoms with van der Waals surface area (Å²) in [4.78, 5) is 29.0. The Balaban J connectivity index is 1.50. The first-order valence-corrected chi connectivity index (χ1v) is 12.5. The van der Waals surface area contributed by atoms with Crippen LogP contribution in [0.5, 0.6) is 0 Å². The molecule has 2 saturated heterocycles. The molecular weight excluding hydrogens is 426 g/mol. The Kier molecular flexibility index (Phi) is 6.74. The van der Waals surface area contributed by atoms with Crippen LogP contribution < -0.4 is 0 Å². The molecule has 0 saturated carbocycles. The lowest BCUT2D eigenvalue weighted by molar-refractivity contribution is -0.136. The van der Waals surface area contributed by atoms with Crippen molar-refractivity contribution in [3.63, 3.8) is 0 Å². The van der Waals surface area contributed by atoms with Crippen molar-refractivity contribution in [2.75, 3.05) is 39.3 Å². The largest absolute Gasteiger partial charge is 0.341 e. The van der Waals surface area contributed by atoms with Gasteiger partial charge in [0.1, 0.15) is 6.04 Å². The summed E-state index contributed by atoms with van der Waals surface area (Å²) in [6.07, 6.45) is 2.06. The van der Waals surface area contributed by atoms with Crippen LogP contribution in [0.1, 0.15) is 41.7 Å². The van der Waals surface area contributed by atoms with E-state index in [1.165, 1.54) is 23.4 Å². The normalized spacial score (nSPS) is 19.1. The second-order valence-electron chi connectivity index (χ2n) is 8.37. The lowest BCUT2D eigenvalue weighted by Crippen LogP contribution is -2.52. The van der Waals surface area contributed by atoms with E-state index in [0.29, 0.717) is 31.7 Å². The van der Waals surface area contributed by atoms with Crippen LogP contribution in [0.4, 0.5) is 0 Å². The van der Waals surface area contributed by atoms with Gasteiger partial charge in [0.25, 0.3) is 0 Å². The fourth-order valence-electron chi connectivity index (χ4n) is 4.47. The molecule has 1 atom stereocenters. The van der Waals surface area contributed by atoms with Crippen molar-refractivity contribution in [2.24, 2.45) is 0 Å². The minimum Gasteiger partial charge on any atom is -0.341 e. The summed E-state index contributed by atoms with van der Waals surface area (Å²) < 4.78 is 27.7. The zero-order valence-electron chi connectivity index (χ0n) is 18.3. The maximum Gasteiger partial charge on any atom is 0.244 e. The van der Waals surface area contributed by atoms with Crippen LogP contribution in [0, 0.1) is 0 Å². The van der Waals surface area contributed by atoms with Gasteiger partial charge in [-0.1, -0.05) is 42.5 Å². The number of ketones is 1. The van der Waals surface area contributed by atoms with Gasteiger partial charge >= 0.3 is 0 Å². The molecule has 0 radical (unpaired) electrons. The number of Topliss-reactive ketones (excluding diaryl/α,β-unsaturated/α-hetero) is 1. The van der Waals surface area contributed by atoms with E-state index in [2.05, 4.69) is 4.90 Å². The molecule has 170 valence electrons. The summed E-state index contributed by atoms with van der Waals surface area (Å²) in [5.74, 6) is 0.00187. The van der Waals surface area contributed by atoms with E-state index in [1.54, 1.807) is 12.1 Å². The molecule has 2 aromatic carbocycles. The first-order valence-electron chi connectivity index (χ1n) is 11.1. The average molecular weight is 456 g/mol. The maximum atomic E-state index is 13.4. The van der Waals surface area contributed by atoms with Gasteiger partial charge in [0.15, 0.2) is 5.78 Å². The number of sulfonamides is 1. The number of benzene rings is 2. The molecule has 2 fully saturated rings. The van der Waals surface area contributed by atoms with Gasteiger partial charge in [-0.05, 0) is 37.5 Å². The molecule has 7 nitrogen and oxygen atoms in total. The summed E-state index contributed by atoms with van der Waals surface area (Å²) >= 11 is 0. The van der Waals surface area contributed by atoms with E-state index in [4.69, 9.17) is 0 Å². The molecule has 0 spiro atoms. The van der Waals surface area contributed by atoms with Gasteiger partial charge in [-0.25, -0.2) is 8.42 Å². The number of carbonyl (C=O) groups excluding carboxylic acids is 2. The smallest absolute Gasteiger partial charge is 0.244 e. The van der Waals surface area contributed by atoms with Gasteiger partial charge in [-0.15, -0.1) is 0 Å².